The maximum absolute atomic E-state index is 12.6. The highest BCUT2D eigenvalue weighted by atomic mass is 16.3. The molecule has 0 bridgehead atoms. The summed E-state index contributed by atoms with van der Waals surface area (Å²) in [4.78, 5) is 29.0. The lowest BCUT2D eigenvalue weighted by Crippen LogP contribution is -2.31. The van der Waals surface area contributed by atoms with E-state index < -0.39 is 11.5 Å². The molecule has 3 aromatic rings. The van der Waals surface area contributed by atoms with E-state index in [-0.39, 0.29) is 11.3 Å². The highest BCUT2D eigenvalue weighted by Crippen LogP contribution is 2.26. The van der Waals surface area contributed by atoms with Crippen molar-refractivity contribution in [3.63, 3.8) is 0 Å². The number of hydrazone groups is 1. The largest absolute Gasteiger partial charge is 0.506 e. The molecule has 3 rings (SSSR count). The lowest BCUT2D eigenvalue weighted by molar-refractivity contribution is 0.0950. The Morgan fingerprint density at radius 3 is 2.76 bits per heavy atom. The highest BCUT2D eigenvalue weighted by molar-refractivity contribution is 6.02. The molecule has 0 aliphatic rings. The van der Waals surface area contributed by atoms with E-state index in [2.05, 4.69) is 15.5 Å². The van der Waals surface area contributed by atoms with Crippen LogP contribution in [0, 0.1) is 0 Å². The van der Waals surface area contributed by atoms with E-state index in [1.807, 2.05) is 0 Å². The van der Waals surface area contributed by atoms with Crippen molar-refractivity contribution in [2.75, 3.05) is 0 Å². The number of carbonyl (C=O) groups excluding carboxylic acids is 1. The summed E-state index contributed by atoms with van der Waals surface area (Å²) >= 11 is 0. The van der Waals surface area contributed by atoms with Crippen LogP contribution in [0.5, 0.6) is 5.75 Å². The number of hydrogen-bond donors (Lipinski definition) is 2. The Balaban J connectivity index is 1.99. The maximum Gasteiger partial charge on any atom is 0.280 e. The lowest BCUT2D eigenvalue weighted by atomic mass is 10.1. The fourth-order valence-electron chi connectivity index (χ4n) is 2.57. The van der Waals surface area contributed by atoms with Crippen molar-refractivity contribution in [1.29, 1.82) is 0 Å². The number of pyridine rings is 2. The number of para-hydroxylation sites is 1. The Bertz CT molecular complexity index is 1010. The SMILES string of the molecule is CCn1c(=O)c(C(=O)N/N=C/c2ccccn2)c(O)c2ccccc21. The van der Waals surface area contributed by atoms with E-state index in [4.69, 9.17) is 0 Å². The number of aromatic hydroxyl groups is 1. The van der Waals surface area contributed by atoms with Crippen LogP contribution in [-0.4, -0.2) is 26.8 Å². The van der Waals surface area contributed by atoms with Gasteiger partial charge in [0, 0.05) is 18.1 Å². The van der Waals surface area contributed by atoms with E-state index in [0.717, 1.165) is 0 Å². The molecule has 1 aromatic carbocycles. The zero-order chi connectivity index (χ0) is 17.8. The second-order valence-corrected chi connectivity index (χ2v) is 5.24. The van der Waals surface area contributed by atoms with E-state index in [9.17, 15) is 14.7 Å². The molecular formula is C18H16N4O3. The smallest absolute Gasteiger partial charge is 0.280 e. The Labute approximate surface area is 143 Å². The fourth-order valence-corrected chi connectivity index (χ4v) is 2.57. The van der Waals surface area contributed by atoms with Crippen LogP contribution in [0.4, 0.5) is 0 Å². The molecule has 7 nitrogen and oxygen atoms in total. The minimum absolute atomic E-state index is 0.335. The number of fused-ring (bicyclic) bond motifs is 1. The maximum atomic E-state index is 12.6. The summed E-state index contributed by atoms with van der Waals surface area (Å²) in [5.74, 6) is -1.13. The summed E-state index contributed by atoms with van der Waals surface area (Å²) in [5, 5.41) is 14.6. The number of hydrogen-bond acceptors (Lipinski definition) is 5. The Hall–Kier alpha value is -3.48. The van der Waals surface area contributed by atoms with Gasteiger partial charge in [0.2, 0.25) is 0 Å². The summed E-state index contributed by atoms with van der Waals surface area (Å²) in [6, 6.07) is 12.1. The average Bonchev–Trinajstić information content (AvgIpc) is 2.63. The predicted molar refractivity (Wildman–Crippen MR) is 94.8 cm³/mol. The molecule has 7 heteroatoms. The van der Waals surface area contributed by atoms with Gasteiger partial charge in [-0.1, -0.05) is 18.2 Å². The molecule has 0 saturated heterocycles. The van der Waals surface area contributed by atoms with Gasteiger partial charge in [-0.15, -0.1) is 0 Å². The molecule has 0 fully saturated rings. The van der Waals surface area contributed by atoms with Crippen molar-refractivity contribution >= 4 is 23.0 Å². The molecule has 0 atom stereocenters. The van der Waals surface area contributed by atoms with Gasteiger partial charge in [0.1, 0.15) is 11.3 Å². The van der Waals surface area contributed by atoms with E-state index in [0.29, 0.717) is 23.1 Å². The normalized spacial score (nSPS) is 11.1. The van der Waals surface area contributed by atoms with E-state index in [1.54, 1.807) is 55.6 Å². The standard InChI is InChI=1S/C18H16N4O3/c1-2-22-14-9-4-3-8-13(14)16(23)15(18(22)25)17(24)21-20-11-12-7-5-6-10-19-12/h3-11,23H,2H2,1H3,(H,21,24)/b20-11+. The number of nitrogens with zero attached hydrogens (tertiary/aromatic N) is 3. The van der Waals surface area contributed by atoms with Crippen molar-refractivity contribution in [2.24, 2.45) is 5.10 Å². The van der Waals surface area contributed by atoms with Crippen molar-refractivity contribution in [3.05, 3.63) is 70.3 Å². The van der Waals surface area contributed by atoms with E-state index in [1.165, 1.54) is 10.8 Å². The van der Waals surface area contributed by atoms with Crippen LogP contribution < -0.4 is 11.0 Å². The zero-order valence-corrected chi connectivity index (χ0v) is 13.5. The second kappa shape index (κ2) is 6.96. The number of benzene rings is 1. The third-order valence-electron chi connectivity index (χ3n) is 3.74. The summed E-state index contributed by atoms with van der Waals surface area (Å²) in [5.41, 5.74) is 2.48. The predicted octanol–water partition coefficient (Wildman–Crippen LogP) is 1.89. The topological polar surface area (TPSA) is 96.6 Å². The summed E-state index contributed by atoms with van der Waals surface area (Å²) < 4.78 is 1.44. The van der Waals surface area contributed by atoms with Gasteiger partial charge in [-0.3, -0.25) is 14.6 Å². The Morgan fingerprint density at radius 2 is 2.04 bits per heavy atom. The molecule has 0 saturated carbocycles. The highest BCUT2D eigenvalue weighted by Gasteiger charge is 2.21. The first-order valence-corrected chi connectivity index (χ1v) is 7.72. The van der Waals surface area contributed by atoms with Crippen LogP contribution in [0.1, 0.15) is 23.0 Å². The Morgan fingerprint density at radius 1 is 1.28 bits per heavy atom. The first kappa shape index (κ1) is 16.4. The van der Waals surface area contributed by atoms with Crippen molar-refractivity contribution in [3.8, 4) is 5.75 Å². The van der Waals surface area contributed by atoms with Crippen LogP contribution >= 0.6 is 0 Å². The number of carbonyl (C=O) groups is 1. The van der Waals surface area contributed by atoms with Gasteiger partial charge in [0.15, 0.2) is 0 Å². The molecule has 0 radical (unpaired) electrons. The average molecular weight is 336 g/mol. The number of aromatic nitrogens is 2. The molecule has 0 aliphatic carbocycles. The third-order valence-corrected chi connectivity index (χ3v) is 3.74. The summed E-state index contributed by atoms with van der Waals surface area (Å²) in [6.07, 6.45) is 2.95. The molecule has 0 unspecified atom stereocenters. The zero-order valence-electron chi connectivity index (χ0n) is 13.5. The molecule has 0 spiro atoms. The molecule has 2 aromatic heterocycles. The minimum atomic E-state index is -0.775. The Kier molecular flexibility index (Phi) is 4.56. The first-order chi connectivity index (χ1) is 12.1. The van der Waals surface area contributed by atoms with Crippen molar-refractivity contribution in [1.82, 2.24) is 15.0 Å². The number of amides is 1. The second-order valence-electron chi connectivity index (χ2n) is 5.24. The molecule has 2 N–H and O–H groups in total. The fraction of sp³-hybridized carbons (Fsp3) is 0.111. The number of rotatable bonds is 4. The van der Waals surface area contributed by atoms with Crippen LogP contribution in [0.3, 0.4) is 0 Å². The van der Waals surface area contributed by atoms with Crippen LogP contribution in [-0.2, 0) is 6.54 Å². The first-order valence-electron chi connectivity index (χ1n) is 7.72. The van der Waals surface area contributed by atoms with Gasteiger partial charge >= 0.3 is 0 Å². The molecule has 25 heavy (non-hydrogen) atoms. The van der Waals surface area contributed by atoms with Gasteiger partial charge < -0.3 is 9.67 Å². The monoisotopic (exact) mass is 336 g/mol. The van der Waals surface area contributed by atoms with Crippen LogP contribution in [0.2, 0.25) is 0 Å². The van der Waals surface area contributed by atoms with E-state index >= 15 is 0 Å². The molecular weight excluding hydrogens is 320 g/mol. The van der Waals surface area contributed by atoms with Crippen molar-refractivity contribution < 1.29 is 9.90 Å². The van der Waals surface area contributed by atoms with Gasteiger partial charge in [-0.2, -0.15) is 5.10 Å². The van der Waals surface area contributed by atoms with Gasteiger partial charge in [0.25, 0.3) is 11.5 Å². The molecule has 0 aliphatic heterocycles. The van der Waals surface area contributed by atoms with Crippen LogP contribution in [0.25, 0.3) is 10.9 Å². The summed E-state index contributed by atoms with van der Waals surface area (Å²) in [6.45, 7) is 2.17. The number of aryl methyl sites for hydroxylation is 1. The van der Waals surface area contributed by atoms with Crippen LogP contribution in [0.15, 0.2) is 58.6 Å². The molecule has 1 amide bonds. The quantitative estimate of drug-likeness (QED) is 0.561. The van der Waals surface area contributed by atoms with Crippen molar-refractivity contribution in [2.45, 2.75) is 13.5 Å². The summed E-state index contributed by atoms with van der Waals surface area (Å²) in [7, 11) is 0. The third kappa shape index (κ3) is 3.12. The minimum Gasteiger partial charge on any atom is -0.506 e. The number of nitrogens with one attached hydrogen (secondary N) is 1. The molecule has 2 heterocycles. The van der Waals surface area contributed by atoms with Gasteiger partial charge in [-0.25, -0.2) is 5.43 Å². The van der Waals surface area contributed by atoms with Gasteiger partial charge in [0.05, 0.1) is 17.4 Å². The molecule has 126 valence electrons. The van der Waals surface area contributed by atoms with Gasteiger partial charge in [-0.05, 0) is 31.2 Å². The lowest BCUT2D eigenvalue weighted by Gasteiger charge is -2.12.